The fraction of sp³-hybridized carbons (Fsp3) is 0.556. The molecule has 1 aromatic carbocycles. The van der Waals surface area contributed by atoms with Gasteiger partial charge in [-0.2, -0.15) is 0 Å². The molecule has 6 heteroatoms. The lowest BCUT2D eigenvalue weighted by Crippen LogP contribution is -2.45. The van der Waals surface area contributed by atoms with Crippen molar-refractivity contribution < 1.29 is 18.7 Å². The van der Waals surface area contributed by atoms with Gasteiger partial charge >= 0.3 is 0 Å². The van der Waals surface area contributed by atoms with Gasteiger partial charge < -0.3 is 15.4 Å². The zero-order valence-corrected chi connectivity index (χ0v) is 14.3. The van der Waals surface area contributed by atoms with Crippen LogP contribution in [0.5, 0.6) is 5.75 Å². The first kappa shape index (κ1) is 18.4. The van der Waals surface area contributed by atoms with E-state index in [0.717, 1.165) is 18.9 Å². The maximum Gasteiger partial charge on any atom is 0.223 e. The highest BCUT2D eigenvalue weighted by molar-refractivity contribution is 5.98. The van der Waals surface area contributed by atoms with Crippen molar-refractivity contribution in [1.29, 1.82) is 0 Å². The molecule has 0 bridgehead atoms. The lowest BCUT2D eigenvalue weighted by molar-refractivity contribution is -0.133. The molecule has 132 valence electrons. The molecule has 2 rings (SSSR count). The van der Waals surface area contributed by atoms with Gasteiger partial charge in [0.2, 0.25) is 5.91 Å². The summed E-state index contributed by atoms with van der Waals surface area (Å²) in [4.78, 5) is 26.3. The standard InChI is InChI=1S/C18H25FN2O3/c1-12(20)14-4-3-9-21(11-14)18(23)8-6-16(22)13-5-7-17(24-2)15(19)10-13/h5,7,10,12,14H,3-4,6,8-9,11,20H2,1-2H3. The number of benzene rings is 1. The number of carbonyl (C=O) groups is 2. The summed E-state index contributed by atoms with van der Waals surface area (Å²) in [6.07, 6.45) is 2.18. The van der Waals surface area contributed by atoms with Crippen LogP contribution in [0.2, 0.25) is 0 Å². The van der Waals surface area contributed by atoms with Gasteiger partial charge in [0.1, 0.15) is 0 Å². The van der Waals surface area contributed by atoms with Gasteiger partial charge in [-0.05, 0) is 43.9 Å². The van der Waals surface area contributed by atoms with Gasteiger partial charge in [-0.1, -0.05) is 0 Å². The molecule has 0 radical (unpaired) electrons. The van der Waals surface area contributed by atoms with Crippen molar-refractivity contribution in [2.45, 2.75) is 38.6 Å². The Hall–Kier alpha value is -1.95. The van der Waals surface area contributed by atoms with E-state index in [4.69, 9.17) is 10.5 Å². The van der Waals surface area contributed by atoms with E-state index in [-0.39, 0.29) is 41.9 Å². The summed E-state index contributed by atoms with van der Waals surface area (Å²) in [5.41, 5.74) is 6.19. The van der Waals surface area contributed by atoms with Crippen molar-refractivity contribution in [3.05, 3.63) is 29.6 Å². The molecule has 1 saturated heterocycles. The van der Waals surface area contributed by atoms with E-state index in [9.17, 15) is 14.0 Å². The molecule has 24 heavy (non-hydrogen) atoms. The van der Waals surface area contributed by atoms with E-state index in [2.05, 4.69) is 0 Å². The van der Waals surface area contributed by atoms with Crippen LogP contribution in [0.4, 0.5) is 4.39 Å². The number of rotatable bonds is 6. The van der Waals surface area contributed by atoms with Gasteiger partial charge in [0.05, 0.1) is 7.11 Å². The number of nitrogens with zero attached hydrogens (tertiary/aromatic N) is 1. The fourth-order valence-corrected chi connectivity index (χ4v) is 3.03. The first-order valence-corrected chi connectivity index (χ1v) is 8.32. The maximum atomic E-state index is 13.7. The number of carbonyl (C=O) groups excluding carboxylic acids is 2. The molecular formula is C18H25FN2O3. The minimum atomic E-state index is -0.578. The number of hydrogen-bond acceptors (Lipinski definition) is 4. The number of likely N-dealkylation sites (tertiary alicyclic amines) is 1. The van der Waals surface area contributed by atoms with Crippen LogP contribution in [-0.2, 0) is 4.79 Å². The van der Waals surface area contributed by atoms with Gasteiger partial charge in [0, 0.05) is 37.5 Å². The van der Waals surface area contributed by atoms with Crippen molar-refractivity contribution in [2.75, 3.05) is 20.2 Å². The van der Waals surface area contributed by atoms with E-state index < -0.39 is 5.82 Å². The summed E-state index contributed by atoms with van der Waals surface area (Å²) in [6, 6.07) is 4.15. The summed E-state index contributed by atoms with van der Waals surface area (Å²) in [5, 5.41) is 0. The van der Waals surface area contributed by atoms with E-state index >= 15 is 0 Å². The zero-order valence-electron chi connectivity index (χ0n) is 14.3. The van der Waals surface area contributed by atoms with Gasteiger partial charge in [-0.25, -0.2) is 4.39 Å². The number of ether oxygens (including phenoxy) is 1. The summed E-state index contributed by atoms with van der Waals surface area (Å²) >= 11 is 0. The number of Topliss-reactive ketones (excluding diaryl/α,β-unsaturated/α-hetero) is 1. The van der Waals surface area contributed by atoms with Gasteiger partial charge in [0.25, 0.3) is 0 Å². The van der Waals surface area contributed by atoms with Crippen molar-refractivity contribution in [2.24, 2.45) is 11.7 Å². The minimum Gasteiger partial charge on any atom is -0.494 e. The molecule has 2 N–H and O–H groups in total. The molecule has 2 unspecified atom stereocenters. The number of methoxy groups -OCH3 is 1. The van der Waals surface area contributed by atoms with Crippen LogP contribution in [0.25, 0.3) is 0 Å². The molecule has 1 aliphatic rings. The Morgan fingerprint density at radius 3 is 2.79 bits per heavy atom. The van der Waals surface area contributed by atoms with Crippen LogP contribution in [0.1, 0.15) is 43.0 Å². The smallest absolute Gasteiger partial charge is 0.223 e. The Morgan fingerprint density at radius 1 is 1.42 bits per heavy atom. The Bertz CT molecular complexity index is 604. The molecule has 1 amide bonds. The monoisotopic (exact) mass is 336 g/mol. The van der Waals surface area contributed by atoms with Crippen LogP contribution < -0.4 is 10.5 Å². The normalized spacial score (nSPS) is 19.0. The molecule has 1 aromatic rings. The SMILES string of the molecule is COc1ccc(C(=O)CCC(=O)N2CCCC(C(C)N)C2)cc1F. The Labute approximate surface area is 142 Å². The Balaban J connectivity index is 1.89. The average Bonchev–Trinajstić information content (AvgIpc) is 2.59. The second-order valence-corrected chi connectivity index (χ2v) is 6.37. The lowest BCUT2D eigenvalue weighted by Gasteiger charge is -2.34. The van der Waals surface area contributed by atoms with Crippen LogP contribution in [-0.4, -0.2) is 42.8 Å². The van der Waals surface area contributed by atoms with E-state index in [0.29, 0.717) is 19.0 Å². The molecule has 0 saturated carbocycles. The highest BCUT2D eigenvalue weighted by Crippen LogP contribution is 2.21. The highest BCUT2D eigenvalue weighted by atomic mass is 19.1. The summed E-state index contributed by atoms with van der Waals surface area (Å²) in [6.45, 7) is 3.33. The predicted octanol–water partition coefficient (Wildman–Crippen LogP) is 2.38. The zero-order chi connectivity index (χ0) is 17.7. The van der Waals surface area contributed by atoms with Crippen molar-refractivity contribution in [3.63, 3.8) is 0 Å². The fourth-order valence-electron chi connectivity index (χ4n) is 3.03. The number of amides is 1. The molecule has 2 atom stereocenters. The Kier molecular flexibility index (Phi) is 6.31. The second kappa shape index (κ2) is 8.24. The van der Waals surface area contributed by atoms with Crippen LogP contribution >= 0.6 is 0 Å². The molecule has 0 aliphatic carbocycles. The summed E-state index contributed by atoms with van der Waals surface area (Å²) in [7, 11) is 1.37. The van der Waals surface area contributed by atoms with E-state index in [1.807, 2.05) is 6.92 Å². The van der Waals surface area contributed by atoms with Crippen molar-refractivity contribution in [3.8, 4) is 5.75 Å². The number of ketones is 1. The van der Waals surface area contributed by atoms with Crippen LogP contribution in [0, 0.1) is 11.7 Å². The van der Waals surface area contributed by atoms with Crippen LogP contribution in [0.3, 0.4) is 0 Å². The number of halogens is 1. The largest absolute Gasteiger partial charge is 0.494 e. The van der Waals surface area contributed by atoms with E-state index in [1.165, 1.54) is 19.2 Å². The third-order valence-electron chi connectivity index (χ3n) is 4.59. The quantitative estimate of drug-likeness (QED) is 0.810. The number of hydrogen-bond donors (Lipinski definition) is 1. The number of piperidine rings is 1. The molecule has 1 heterocycles. The molecule has 0 spiro atoms. The lowest BCUT2D eigenvalue weighted by atomic mass is 9.92. The van der Waals surface area contributed by atoms with Gasteiger partial charge in [-0.15, -0.1) is 0 Å². The molecule has 5 nitrogen and oxygen atoms in total. The average molecular weight is 336 g/mol. The second-order valence-electron chi connectivity index (χ2n) is 6.37. The molecule has 0 aromatic heterocycles. The predicted molar refractivity (Wildman–Crippen MR) is 89.5 cm³/mol. The van der Waals surface area contributed by atoms with Crippen molar-refractivity contribution in [1.82, 2.24) is 4.90 Å². The third-order valence-corrected chi connectivity index (χ3v) is 4.59. The molecule has 1 fully saturated rings. The topological polar surface area (TPSA) is 72.6 Å². The van der Waals surface area contributed by atoms with Gasteiger partial charge in [0.15, 0.2) is 17.3 Å². The maximum absolute atomic E-state index is 13.7. The summed E-state index contributed by atoms with van der Waals surface area (Å²) < 4.78 is 18.5. The van der Waals surface area contributed by atoms with Gasteiger partial charge in [-0.3, -0.25) is 9.59 Å². The first-order valence-electron chi connectivity index (χ1n) is 8.32. The van der Waals surface area contributed by atoms with E-state index in [1.54, 1.807) is 4.90 Å². The van der Waals surface area contributed by atoms with Crippen molar-refractivity contribution >= 4 is 11.7 Å². The summed E-state index contributed by atoms with van der Waals surface area (Å²) in [5.74, 6) is -0.453. The van der Waals surface area contributed by atoms with Crippen LogP contribution in [0.15, 0.2) is 18.2 Å². The third kappa shape index (κ3) is 4.54. The number of nitrogens with two attached hydrogens (primary N) is 1. The molecule has 1 aliphatic heterocycles. The molecular weight excluding hydrogens is 311 g/mol. The highest BCUT2D eigenvalue weighted by Gasteiger charge is 2.26. The first-order chi connectivity index (χ1) is 11.4. The Morgan fingerprint density at radius 2 is 2.17 bits per heavy atom. The minimum absolute atomic E-state index is 0.0392.